The first-order valence-electron chi connectivity index (χ1n) is 6.83. The molecule has 0 N–H and O–H groups in total. The van der Waals surface area contributed by atoms with E-state index in [2.05, 4.69) is 29.5 Å². The van der Waals surface area contributed by atoms with Gasteiger partial charge in [-0.25, -0.2) is 8.42 Å². The molecule has 1 aromatic carbocycles. The minimum Gasteiger partial charge on any atom is -0.379 e. The van der Waals surface area contributed by atoms with Crippen LogP contribution < -0.4 is 0 Å². The van der Waals surface area contributed by atoms with Gasteiger partial charge < -0.3 is 4.74 Å². The SMILES string of the molecule is CCC(CI)c1ccc(S(=O)(=O)N2CCOCC2)cc1. The number of rotatable bonds is 5. The maximum absolute atomic E-state index is 12.5. The van der Waals surface area contributed by atoms with Gasteiger partial charge in [0.05, 0.1) is 18.1 Å². The highest BCUT2D eigenvalue weighted by molar-refractivity contribution is 14.1. The lowest BCUT2D eigenvalue weighted by Crippen LogP contribution is -2.40. The van der Waals surface area contributed by atoms with Gasteiger partial charge in [-0.1, -0.05) is 41.6 Å². The van der Waals surface area contributed by atoms with Crippen molar-refractivity contribution in [2.24, 2.45) is 0 Å². The standard InChI is InChI=1S/C14H20INO3S/c1-2-12(11-15)13-3-5-14(6-4-13)20(17,18)16-7-9-19-10-8-16/h3-6,12H,2,7-11H2,1H3. The number of ether oxygens (including phenoxy) is 1. The quantitative estimate of drug-likeness (QED) is 0.555. The Morgan fingerprint density at radius 2 is 1.85 bits per heavy atom. The molecule has 0 amide bonds. The molecule has 1 saturated heterocycles. The second-order valence-electron chi connectivity index (χ2n) is 4.84. The minimum absolute atomic E-state index is 0.381. The summed E-state index contributed by atoms with van der Waals surface area (Å²) in [6, 6.07) is 7.35. The highest BCUT2D eigenvalue weighted by Gasteiger charge is 2.26. The Labute approximate surface area is 134 Å². The Bertz CT molecular complexity index is 520. The Morgan fingerprint density at radius 1 is 1.25 bits per heavy atom. The number of hydrogen-bond donors (Lipinski definition) is 0. The van der Waals surface area contributed by atoms with E-state index in [1.165, 1.54) is 9.87 Å². The zero-order chi connectivity index (χ0) is 14.6. The summed E-state index contributed by atoms with van der Waals surface area (Å²) in [7, 11) is -3.37. The molecular weight excluding hydrogens is 389 g/mol. The minimum atomic E-state index is -3.37. The first-order chi connectivity index (χ1) is 9.59. The number of sulfonamides is 1. The topological polar surface area (TPSA) is 46.6 Å². The fraction of sp³-hybridized carbons (Fsp3) is 0.571. The lowest BCUT2D eigenvalue weighted by atomic mass is 9.99. The van der Waals surface area contributed by atoms with Gasteiger partial charge in [0.25, 0.3) is 0 Å². The van der Waals surface area contributed by atoms with Gasteiger partial charge in [-0.2, -0.15) is 4.31 Å². The second-order valence-corrected chi connectivity index (χ2v) is 7.66. The van der Waals surface area contributed by atoms with Crippen LogP contribution in [0.1, 0.15) is 24.8 Å². The van der Waals surface area contributed by atoms with Gasteiger partial charge in [-0.05, 0) is 30.0 Å². The molecule has 1 aromatic rings. The zero-order valence-electron chi connectivity index (χ0n) is 11.6. The van der Waals surface area contributed by atoms with Crippen LogP contribution in [0.4, 0.5) is 0 Å². The summed E-state index contributed by atoms with van der Waals surface area (Å²) in [4.78, 5) is 0.381. The van der Waals surface area contributed by atoms with Gasteiger partial charge in [-0.3, -0.25) is 0 Å². The summed E-state index contributed by atoms with van der Waals surface area (Å²) in [5.74, 6) is 0.496. The number of benzene rings is 1. The molecule has 1 fully saturated rings. The van der Waals surface area contributed by atoms with Gasteiger partial charge in [-0.15, -0.1) is 0 Å². The molecule has 0 aromatic heterocycles. The van der Waals surface area contributed by atoms with Crippen molar-refractivity contribution >= 4 is 32.6 Å². The molecule has 0 bridgehead atoms. The van der Waals surface area contributed by atoms with Crippen molar-refractivity contribution in [3.05, 3.63) is 29.8 Å². The van der Waals surface area contributed by atoms with Crippen molar-refractivity contribution in [2.75, 3.05) is 30.7 Å². The van der Waals surface area contributed by atoms with Crippen LogP contribution in [0.25, 0.3) is 0 Å². The average Bonchev–Trinajstić information content (AvgIpc) is 2.50. The van der Waals surface area contributed by atoms with Crippen LogP contribution in [0.3, 0.4) is 0 Å². The van der Waals surface area contributed by atoms with E-state index in [4.69, 9.17) is 4.74 Å². The van der Waals surface area contributed by atoms with E-state index in [9.17, 15) is 8.42 Å². The third kappa shape index (κ3) is 3.52. The maximum atomic E-state index is 12.5. The van der Waals surface area contributed by atoms with Crippen molar-refractivity contribution in [2.45, 2.75) is 24.2 Å². The molecule has 1 unspecified atom stereocenters. The highest BCUT2D eigenvalue weighted by atomic mass is 127. The van der Waals surface area contributed by atoms with Crippen molar-refractivity contribution in [1.29, 1.82) is 0 Å². The molecule has 1 aliphatic rings. The molecule has 0 spiro atoms. The predicted octanol–water partition coefficient (Wildman–Crippen LogP) is 2.64. The Morgan fingerprint density at radius 3 is 2.35 bits per heavy atom. The molecule has 0 aliphatic carbocycles. The van der Waals surface area contributed by atoms with Gasteiger partial charge in [0.15, 0.2) is 0 Å². The van der Waals surface area contributed by atoms with Gasteiger partial charge in [0.1, 0.15) is 0 Å². The molecular formula is C14H20INO3S. The molecule has 1 atom stereocenters. The first-order valence-corrected chi connectivity index (χ1v) is 9.80. The van der Waals surface area contributed by atoms with Crippen molar-refractivity contribution in [3.8, 4) is 0 Å². The average molecular weight is 409 g/mol. The predicted molar refractivity (Wildman–Crippen MR) is 87.9 cm³/mol. The van der Waals surface area contributed by atoms with E-state index in [0.29, 0.717) is 37.1 Å². The van der Waals surface area contributed by atoms with Crippen LogP contribution in [0.2, 0.25) is 0 Å². The van der Waals surface area contributed by atoms with E-state index >= 15 is 0 Å². The number of alkyl halides is 1. The largest absolute Gasteiger partial charge is 0.379 e. The molecule has 2 rings (SSSR count). The smallest absolute Gasteiger partial charge is 0.243 e. The first kappa shape index (κ1) is 16.2. The highest BCUT2D eigenvalue weighted by Crippen LogP contribution is 2.24. The van der Waals surface area contributed by atoms with Crippen LogP contribution in [0.15, 0.2) is 29.2 Å². The summed E-state index contributed by atoms with van der Waals surface area (Å²) < 4.78 is 32.7. The molecule has 112 valence electrons. The number of nitrogens with zero attached hydrogens (tertiary/aromatic N) is 1. The van der Waals surface area contributed by atoms with Gasteiger partial charge in [0, 0.05) is 17.5 Å². The molecule has 20 heavy (non-hydrogen) atoms. The summed E-state index contributed by atoms with van der Waals surface area (Å²) in [5, 5.41) is 0. The monoisotopic (exact) mass is 409 g/mol. The number of halogens is 1. The van der Waals surface area contributed by atoms with E-state index in [1.807, 2.05) is 12.1 Å². The summed E-state index contributed by atoms with van der Waals surface area (Å²) in [6.45, 7) is 3.99. The van der Waals surface area contributed by atoms with Crippen LogP contribution in [0.5, 0.6) is 0 Å². The van der Waals surface area contributed by atoms with Gasteiger partial charge in [0.2, 0.25) is 10.0 Å². The maximum Gasteiger partial charge on any atom is 0.243 e. The van der Waals surface area contributed by atoms with Crippen molar-refractivity contribution in [1.82, 2.24) is 4.31 Å². The van der Waals surface area contributed by atoms with Gasteiger partial charge >= 0.3 is 0 Å². The van der Waals surface area contributed by atoms with Crippen LogP contribution in [-0.2, 0) is 14.8 Å². The van der Waals surface area contributed by atoms with Crippen LogP contribution in [-0.4, -0.2) is 43.5 Å². The Hall–Kier alpha value is -0.180. The van der Waals surface area contributed by atoms with Crippen molar-refractivity contribution < 1.29 is 13.2 Å². The summed E-state index contributed by atoms with van der Waals surface area (Å²) in [6.07, 6.45) is 1.07. The van der Waals surface area contributed by atoms with Crippen LogP contribution >= 0.6 is 22.6 Å². The Kier molecular flexibility index (Phi) is 5.83. The van der Waals surface area contributed by atoms with E-state index in [0.717, 1.165) is 10.8 Å². The Balaban J connectivity index is 2.20. The third-order valence-corrected chi connectivity index (χ3v) is 6.61. The zero-order valence-corrected chi connectivity index (χ0v) is 14.6. The number of morpholine rings is 1. The van der Waals surface area contributed by atoms with E-state index in [-0.39, 0.29) is 0 Å². The molecule has 4 nitrogen and oxygen atoms in total. The molecule has 0 saturated carbocycles. The lowest BCUT2D eigenvalue weighted by molar-refractivity contribution is 0.0730. The van der Waals surface area contributed by atoms with Crippen molar-refractivity contribution in [3.63, 3.8) is 0 Å². The number of hydrogen-bond acceptors (Lipinski definition) is 3. The van der Waals surface area contributed by atoms with Crippen LogP contribution in [0, 0.1) is 0 Å². The summed E-state index contributed by atoms with van der Waals surface area (Å²) in [5.41, 5.74) is 1.21. The molecule has 1 aliphatic heterocycles. The fourth-order valence-electron chi connectivity index (χ4n) is 2.28. The molecule has 0 radical (unpaired) electrons. The summed E-state index contributed by atoms with van der Waals surface area (Å²) >= 11 is 2.37. The van der Waals surface area contributed by atoms with E-state index < -0.39 is 10.0 Å². The second kappa shape index (κ2) is 7.20. The third-order valence-electron chi connectivity index (χ3n) is 3.64. The van der Waals surface area contributed by atoms with E-state index in [1.54, 1.807) is 12.1 Å². The normalized spacial score (nSPS) is 18.9. The lowest BCUT2D eigenvalue weighted by Gasteiger charge is -2.26. The molecule has 1 heterocycles. The molecule has 6 heteroatoms. The fourth-order valence-corrected chi connectivity index (χ4v) is 4.82.